The Hall–Kier alpha value is -1.66. The van der Waals surface area contributed by atoms with Crippen molar-refractivity contribution in [1.29, 1.82) is 0 Å². The molecule has 1 aromatic rings. The Morgan fingerprint density at radius 1 is 1.43 bits per heavy atom. The summed E-state index contributed by atoms with van der Waals surface area (Å²) < 4.78 is 11.1. The monoisotopic (exact) mass is 314 g/mol. The summed E-state index contributed by atoms with van der Waals surface area (Å²) >= 11 is 6.18. The molecular weight excluding hydrogens is 296 g/mol. The molecule has 1 heterocycles. The predicted molar refractivity (Wildman–Crippen MR) is 79.0 cm³/mol. The lowest BCUT2D eigenvalue weighted by Gasteiger charge is -2.14. The fourth-order valence-electron chi connectivity index (χ4n) is 1.89. The van der Waals surface area contributed by atoms with Crippen LogP contribution in [0.25, 0.3) is 0 Å². The molecule has 1 atom stereocenters. The van der Waals surface area contributed by atoms with Crippen molar-refractivity contribution in [3.63, 3.8) is 0 Å². The van der Waals surface area contributed by atoms with Gasteiger partial charge < -0.3 is 25.2 Å². The van der Waals surface area contributed by atoms with Crippen LogP contribution >= 0.6 is 11.6 Å². The Morgan fingerprint density at radius 2 is 2.19 bits per heavy atom. The molecule has 0 unspecified atom stereocenters. The van der Waals surface area contributed by atoms with E-state index in [9.17, 15) is 4.79 Å². The zero-order valence-corrected chi connectivity index (χ0v) is 12.6. The number of hydrogen-bond donors (Lipinski definition) is 3. The van der Waals surface area contributed by atoms with Crippen LogP contribution in [0, 0.1) is 0 Å². The summed E-state index contributed by atoms with van der Waals surface area (Å²) in [6.45, 7) is 3.06. The molecule has 0 aliphatic carbocycles. The minimum atomic E-state index is -0.347. The number of aliphatic hydroxyl groups excluding tert-OH is 1. The van der Waals surface area contributed by atoms with Gasteiger partial charge in [-0.1, -0.05) is 11.6 Å². The lowest BCUT2D eigenvalue weighted by molar-refractivity contribution is 0.220. The maximum Gasteiger partial charge on any atom is 0.315 e. The molecule has 0 radical (unpaired) electrons. The number of ether oxygens (including phenoxy) is 2. The highest BCUT2D eigenvalue weighted by Gasteiger charge is 2.16. The summed E-state index contributed by atoms with van der Waals surface area (Å²) in [6.07, 6.45) is 0.806. The van der Waals surface area contributed by atoms with Gasteiger partial charge in [-0.25, -0.2) is 4.79 Å². The molecule has 1 aromatic carbocycles. The third-order valence-corrected chi connectivity index (χ3v) is 3.25. The van der Waals surface area contributed by atoms with Gasteiger partial charge in [0.25, 0.3) is 0 Å². The molecule has 0 spiro atoms. The van der Waals surface area contributed by atoms with Crippen LogP contribution in [0.5, 0.6) is 11.5 Å². The number of benzene rings is 1. The van der Waals surface area contributed by atoms with E-state index in [0.717, 1.165) is 12.0 Å². The summed E-state index contributed by atoms with van der Waals surface area (Å²) in [6, 6.07) is 2.91. The molecule has 1 aliphatic heterocycles. The second-order valence-corrected chi connectivity index (χ2v) is 5.27. The highest BCUT2D eigenvalue weighted by atomic mass is 35.5. The maximum atomic E-state index is 11.6. The third kappa shape index (κ3) is 4.41. The van der Waals surface area contributed by atoms with Gasteiger partial charge in [0.15, 0.2) is 11.5 Å². The van der Waals surface area contributed by atoms with E-state index < -0.39 is 0 Å². The van der Waals surface area contributed by atoms with Gasteiger partial charge in [-0.05, 0) is 24.6 Å². The first-order valence-electron chi connectivity index (χ1n) is 6.83. The Labute approximate surface area is 128 Å². The number of carbonyl (C=O) groups is 1. The van der Waals surface area contributed by atoms with Gasteiger partial charge in [0.05, 0.1) is 30.9 Å². The number of amides is 2. The number of rotatable bonds is 4. The smallest absolute Gasteiger partial charge is 0.315 e. The fraction of sp³-hybridized carbons (Fsp3) is 0.500. The number of nitrogens with one attached hydrogen (secondary N) is 2. The van der Waals surface area contributed by atoms with Crippen molar-refractivity contribution in [2.24, 2.45) is 0 Å². The van der Waals surface area contributed by atoms with Gasteiger partial charge in [0.1, 0.15) is 0 Å². The molecule has 0 saturated heterocycles. The first kappa shape index (κ1) is 15.7. The van der Waals surface area contributed by atoms with E-state index in [2.05, 4.69) is 10.6 Å². The summed E-state index contributed by atoms with van der Waals surface area (Å²) in [5.74, 6) is 1.15. The van der Waals surface area contributed by atoms with Crippen LogP contribution in [0.15, 0.2) is 12.1 Å². The molecule has 2 rings (SSSR count). The Bertz CT molecular complexity index is 510. The number of urea groups is 1. The molecule has 0 fully saturated rings. The van der Waals surface area contributed by atoms with Gasteiger partial charge >= 0.3 is 6.03 Å². The second kappa shape index (κ2) is 7.38. The summed E-state index contributed by atoms with van der Waals surface area (Å²) in [7, 11) is 0. The number of carbonyl (C=O) groups excluding carboxylic acids is 1. The number of fused-ring (bicyclic) bond motifs is 1. The average Bonchev–Trinajstić information content (AvgIpc) is 2.70. The zero-order valence-electron chi connectivity index (χ0n) is 11.8. The minimum absolute atomic E-state index is 0.108. The zero-order chi connectivity index (χ0) is 15.2. The van der Waals surface area contributed by atoms with E-state index in [-0.39, 0.29) is 18.7 Å². The van der Waals surface area contributed by atoms with Crippen molar-refractivity contribution in [3.8, 4) is 11.5 Å². The van der Waals surface area contributed by atoms with Crippen molar-refractivity contribution < 1.29 is 19.4 Å². The van der Waals surface area contributed by atoms with Crippen LogP contribution in [-0.4, -0.2) is 37.0 Å². The van der Waals surface area contributed by atoms with Gasteiger partial charge in [-0.15, -0.1) is 0 Å². The average molecular weight is 315 g/mol. The summed E-state index contributed by atoms with van der Waals surface area (Å²) in [5, 5.41) is 14.6. The van der Waals surface area contributed by atoms with Crippen LogP contribution in [0.4, 0.5) is 4.79 Å². The molecule has 0 aromatic heterocycles. The van der Waals surface area contributed by atoms with Gasteiger partial charge in [-0.2, -0.15) is 0 Å². The molecule has 2 amide bonds. The van der Waals surface area contributed by atoms with Crippen LogP contribution in [0.1, 0.15) is 18.9 Å². The first-order chi connectivity index (χ1) is 10.1. The van der Waals surface area contributed by atoms with Gasteiger partial charge in [0, 0.05) is 13.0 Å². The van der Waals surface area contributed by atoms with E-state index in [0.29, 0.717) is 36.3 Å². The highest BCUT2D eigenvalue weighted by molar-refractivity contribution is 6.32. The van der Waals surface area contributed by atoms with E-state index in [1.54, 1.807) is 13.0 Å². The van der Waals surface area contributed by atoms with Gasteiger partial charge in [0.2, 0.25) is 0 Å². The van der Waals surface area contributed by atoms with E-state index in [1.807, 2.05) is 6.07 Å². The standard InChI is InChI=1S/C14H19ClN2O4/c1-9(8-18)17-14(19)16-7-10-5-11(15)13-12(6-10)20-3-2-4-21-13/h5-6,9,18H,2-4,7-8H2,1H3,(H2,16,17,19)/t9-/m1/s1. The maximum absolute atomic E-state index is 11.6. The Morgan fingerprint density at radius 3 is 2.95 bits per heavy atom. The first-order valence-corrected chi connectivity index (χ1v) is 7.21. The van der Waals surface area contributed by atoms with Crippen molar-refractivity contribution in [3.05, 3.63) is 22.7 Å². The third-order valence-electron chi connectivity index (χ3n) is 2.97. The van der Waals surface area contributed by atoms with Crippen molar-refractivity contribution in [2.45, 2.75) is 25.9 Å². The van der Waals surface area contributed by atoms with Crippen molar-refractivity contribution in [2.75, 3.05) is 19.8 Å². The largest absolute Gasteiger partial charge is 0.489 e. The molecule has 1 aliphatic rings. The SMILES string of the molecule is C[C@H](CO)NC(=O)NCc1cc(Cl)c2c(c1)OCCCO2. The Balaban J connectivity index is 1.99. The molecule has 7 heteroatoms. The lowest BCUT2D eigenvalue weighted by Crippen LogP contribution is -2.41. The number of hydrogen-bond acceptors (Lipinski definition) is 4. The van der Waals surface area contributed by atoms with E-state index in [1.165, 1.54) is 0 Å². The molecule has 21 heavy (non-hydrogen) atoms. The molecule has 6 nitrogen and oxygen atoms in total. The lowest BCUT2D eigenvalue weighted by atomic mass is 10.2. The minimum Gasteiger partial charge on any atom is -0.489 e. The number of aliphatic hydroxyl groups is 1. The normalized spacial score (nSPS) is 15.0. The van der Waals surface area contributed by atoms with Crippen LogP contribution in [0.2, 0.25) is 5.02 Å². The predicted octanol–water partition coefficient (Wildman–Crippen LogP) is 1.68. The van der Waals surface area contributed by atoms with Crippen LogP contribution in [0.3, 0.4) is 0 Å². The quantitative estimate of drug-likeness (QED) is 0.790. The number of halogens is 1. The second-order valence-electron chi connectivity index (χ2n) is 4.87. The van der Waals surface area contributed by atoms with Crippen LogP contribution < -0.4 is 20.1 Å². The van der Waals surface area contributed by atoms with E-state index >= 15 is 0 Å². The molecule has 0 bridgehead atoms. The molecular formula is C14H19ClN2O4. The summed E-state index contributed by atoms with van der Waals surface area (Å²) in [4.78, 5) is 11.6. The molecule has 3 N–H and O–H groups in total. The topological polar surface area (TPSA) is 79.8 Å². The Kier molecular flexibility index (Phi) is 5.52. The highest BCUT2D eigenvalue weighted by Crippen LogP contribution is 2.37. The van der Waals surface area contributed by atoms with Gasteiger partial charge in [-0.3, -0.25) is 0 Å². The van der Waals surface area contributed by atoms with Crippen LogP contribution in [-0.2, 0) is 6.54 Å². The van der Waals surface area contributed by atoms with Crippen molar-refractivity contribution >= 4 is 17.6 Å². The van der Waals surface area contributed by atoms with Crippen molar-refractivity contribution in [1.82, 2.24) is 10.6 Å². The molecule has 0 saturated carbocycles. The molecule has 116 valence electrons. The fourth-order valence-corrected chi connectivity index (χ4v) is 2.18. The summed E-state index contributed by atoms with van der Waals surface area (Å²) in [5.41, 5.74) is 0.816. The van der Waals surface area contributed by atoms with E-state index in [4.69, 9.17) is 26.2 Å².